The molecular formula is C9H10NO5+. The second-order valence-electron chi connectivity index (χ2n) is 2.55. The Morgan fingerprint density at radius 3 is 2.47 bits per heavy atom. The van der Waals surface area contributed by atoms with E-state index in [1.807, 2.05) is 0 Å². The molecule has 1 aromatic carbocycles. The van der Waals surface area contributed by atoms with E-state index in [-0.39, 0.29) is 23.0 Å². The Morgan fingerprint density at radius 1 is 1.40 bits per heavy atom. The van der Waals surface area contributed by atoms with E-state index in [1.165, 1.54) is 24.3 Å². The Balaban J connectivity index is 2.64. The Hall–Kier alpha value is -2.11. The minimum atomic E-state index is -0.812. The minimum absolute atomic E-state index is 0.0474. The summed E-state index contributed by atoms with van der Waals surface area (Å²) in [6.07, 6.45) is -0.812. The number of hydrogen-bond donors (Lipinski definition) is 1. The number of hydrogen-bond acceptors (Lipinski definition) is 4. The van der Waals surface area contributed by atoms with E-state index in [2.05, 4.69) is 4.74 Å². The quantitative estimate of drug-likeness (QED) is 0.471. The third kappa shape index (κ3) is 3.26. The molecule has 0 radical (unpaired) electrons. The van der Waals surface area contributed by atoms with Crippen molar-refractivity contribution in [2.45, 2.75) is 6.92 Å². The largest absolute Gasteiger partial charge is 0.513 e. The van der Waals surface area contributed by atoms with E-state index in [9.17, 15) is 9.70 Å². The summed E-state index contributed by atoms with van der Waals surface area (Å²) in [6.45, 7) is 1.88. The Bertz CT molecular complexity index is 359. The van der Waals surface area contributed by atoms with Crippen molar-refractivity contribution in [3.8, 4) is 5.75 Å². The predicted octanol–water partition coefficient (Wildman–Crippen LogP) is 2.02. The molecule has 0 fully saturated rings. The summed E-state index contributed by atoms with van der Waals surface area (Å²) >= 11 is 0. The lowest BCUT2D eigenvalue weighted by Crippen LogP contribution is -2.09. The first-order valence-corrected chi connectivity index (χ1v) is 4.24. The van der Waals surface area contributed by atoms with Gasteiger partial charge in [0.1, 0.15) is 5.75 Å². The van der Waals surface area contributed by atoms with Crippen LogP contribution in [0, 0.1) is 4.91 Å². The van der Waals surface area contributed by atoms with Gasteiger partial charge in [0.05, 0.1) is 11.5 Å². The molecule has 0 heterocycles. The third-order valence-corrected chi connectivity index (χ3v) is 1.52. The Kier molecular flexibility index (Phi) is 3.61. The van der Waals surface area contributed by atoms with Crippen LogP contribution < -0.4 is 4.74 Å². The predicted molar refractivity (Wildman–Crippen MR) is 49.2 cm³/mol. The fraction of sp³-hybridized carbons (Fsp3) is 0.222. The lowest BCUT2D eigenvalue weighted by atomic mass is 10.3. The highest BCUT2D eigenvalue weighted by atomic mass is 16.7. The van der Waals surface area contributed by atoms with Gasteiger partial charge in [-0.1, -0.05) is 0 Å². The summed E-state index contributed by atoms with van der Waals surface area (Å²) in [5.41, 5.74) is 0.0474. The lowest BCUT2D eigenvalue weighted by molar-refractivity contribution is -0.729. The van der Waals surface area contributed by atoms with Crippen LogP contribution in [0.25, 0.3) is 0 Å². The molecule has 0 atom stereocenters. The fourth-order valence-electron chi connectivity index (χ4n) is 0.885. The zero-order chi connectivity index (χ0) is 11.3. The number of benzene rings is 1. The van der Waals surface area contributed by atoms with Gasteiger partial charge in [-0.2, -0.15) is 0 Å². The third-order valence-electron chi connectivity index (χ3n) is 1.52. The molecule has 0 aliphatic carbocycles. The van der Waals surface area contributed by atoms with Crippen LogP contribution in [-0.4, -0.2) is 22.9 Å². The van der Waals surface area contributed by atoms with E-state index >= 15 is 0 Å². The maximum absolute atomic E-state index is 10.9. The molecule has 0 bridgehead atoms. The SMILES string of the molecule is CCOC(=O)Oc1ccc([N+](=O)O)cc1. The van der Waals surface area contributed by atoms with Crippen molar-refractivity contribution >= 4 is 11.8 Å². The smallest absolute Gasteiger partial charge is 0.434 e. The van der Waals surface area contributed by atoms with Crippen LogP contribution in [-0.2, 0) is 4.74 Å². The van der Waals surface area contributed by atoms with Crippen LogP contribution >= 0.6 is 0 Å². The maximum atomic E-state index is 10.9. The molecule has 0 spiro atoms. The van der Waals surface area contributed by atoms with Crippen LogP contribution in [0.3, 0.4) is 0 Å². The van der Waals surface area contributed by atoms with E-state index in [0.717, 1.165) is 0 Å². The summed E-state index contributed by atoms with van der Waals surface area (Å²) in [5, 5.41) is 8.53. The van der Waals surface area contributed by atoms with Crippen molar-refractivity contribution in [3.05, 3.63) is 29.2 Å². The zero-order valence-electron chi connectivity index (χ0n) is 8.04. The molecule has 6 nitrogen and oxygen atoms in total. The molecule has 80 valence electrons. The van der Waals surface area contributed by atoms with Gasteiger partial charge in [0.25, 0.3) is 4.92 Å². The van der Waals surface area contributed by atoms with Crippen LogP contribution in [0.2, 0.25) is 0 Å². The summed E-state index contributed by atoms with van der Waals surface area (Å²) in [5.74, 6) is 0.235. The van der Waals surface area contributed by atoms with Crippen molar-refractivity contribution in [2.24, 2.45) is 0 Å². The molecule has 0 aliphatic heterocycles. The number of rotatable bonds is 3. The highest BCUT2D eigenvalue weighted by Gasteiger charge is 2.11. The first-order valence-electron chi connectivity index (χ1n) is 4.24. The Morgan fingerprint density at radius 2 is 2.00 bits per heavy atom. The molecule has 0 saturated heterocycles. The van der Waals surface area contributed by atoms with Crippen molar-refractivity contribution in [2.75, 3.05) is 6.61 Å². The van der Waals surface area contributed by atoms with Crippen molar-refractivity contribution < 1.29 is 24.4 Å². The van der Waals surface area contributed by atoms with Gasteiger partial charge in [-0.3, -0.25) is 0 Å². The van der Waals surface area contributed by atoms with Crippen molar-refractivity contribution in [3.63, 3.8) is 0 Å². The molecule has 0 aliphatic rings. The van der Waals surface area contributed by atoms with Crippen LogP contribution in [0.4, 0.5) is 10.5 Å². The topological polar surface area (TPSA) is 75.8 Å². The second-order valence-corrected chi connectivity index (χ2v) is 2.55. The van der Waals surface area contributed by atoms with Crippen molar-refractivity contribution in [1.82, 2.24) is 0 Å². The molecule has 1 rings (SSSR count). The monoisotopic (exact) mass is 212 g/mol. The van der Waals surface area contributed by atoms with Gasteiger partial charge in [0.2, 0.25) is 0 Å². The number of carbonyl (C=O) groups excluding carboxylic acids is 1. The van der Waals surface area contributed by atoms with E-state index in [4.69, 9.17) is 9.94 Å². The fourth-order valence-corrected chi connectivity index (χ4v) is 0.885. The summed E-state index contributed by atoms with van der Waals surface area (Å²) in [7, 11) is 0. The summed E-state index contributed by atoms with van der Waals surface area (Å²) in [4.78, 5) is 21.0. The highest BCUT2D eigenvalue weighted by molar-refractivity contribution is 5.63. The molecular weight excluding hydrogens is 202 g/mol. The second kappa shape index (κ2) is 4.94. The number of ether oxygens (including phenoxy) is 2. The zero-order valence-corrected chi connectivity index (χ0v) is 8.04. The first-order chi connectivity index (χ1) is 7.13. The van der Waals surface area contributed by atoms with Gasteiger partial charge in [-0.05, 0) is 19.1 Å². The first kappa shape index (κ1) is 11.0. The Labute approximate surface area is 85.6 Å². The van der Waals surface area contributed by atoms with Crippen LogP contribution in [0.15, 0.2) is 24.3 Å². The van der Waals surface area contributed by atoms with Gasteiger partial charge in [0.15, 0.2) is 0 Å². The molecule has 0 unspecified atom stereocenters. The van der Waals surface area contributed by atoms with Crippen LogP contribution in [0.1, 0.15) is 6.92 Å². The highest BCUT2D eigenvalue weighted by Crippen LogP contribution is 2.17. The number of carbonyl (C=O) groups is 1. The van der Waals surface area contributed by atoms with E-state index < -0.39 is 6.16 Å². The lowest BCUT2D eigenvalue weighted by Gasteiger charge is -2.02. The molecule has 1 aromatic rings. The van der Waals surface area contributed by atoms with Gasteiger partial charge in [-0.25, -0.2) is 10.0 Å². The van der Waals surface area contributed by atoms with E-state index in [1.54, 1.807) is 6.92 Å². The van der Waals surface area contributed by atoms with Gasteiger partial charge < -0.3 is 9.47 Å². The minimum Gasteiger partial charge on any atom is -0.434 e. The number of nitrogens with zero attached hydrogens (tertiary/aromatic N) is 1. The van der Waals surface area contributed by atoms with Crippen LogP contribution in [0.5, 0.6) is 5.75 Å². The molecule has 0 saturated carbocycles. The average molecular weight is 212 g/mol. The molecule has 0 aromatic heterocycles. The maximum Gasteiger partial charge on any atom is 0.513 e. The van der Waals surface area contributed by atoms with Gasteiger partial charge >= 0.3 is 11.8 Å². The summed E-state index contributed by atoms with van der Waals surface area (Å²) in [6, 6.07) is 5.35. The van der Waals surface area contributed by atoms with Gasteiger partial charge in [-0.15, -0.1) is 0 Å². The average Bonchev–Trinajstić information content (AvgIpc) is 2.18. The molecule has 6 heteroatoms. The normalized spacial score (nSPS) is 9.40. The van der Waals surface area contributed by atoms with E-state index in [0.29, 0.717) is 0 Å². The molecule has 15 heavy (non-hydrogen) atoms. The van der Waals surface area contributed by atoms with Crippen molar-refractivity contribution in [1.29, 1.82) is 0 Å². The van der Waals surface area contributed by atoms with Gasteiger partial charge in [0, 0.05) is 12.1 Å². The molecule has 1 N–H and O–H groups in total. The standard InChI is InChI=1S/C9H10NO5/c1-2-14-9(11)15-8-5-3-7(4-6-8)10(12)13/h3-6H,2H2,1H3,(H,12,13)/q+1. The summed E-state index contributed by atoms with van der Waals surface area (Å²) < 4.78 is 9.27. The molecule has 0 amide bonds.